The highest BCUT2D eigenvalue weighted by atomic mass is 16.7. The van der Waals surface area contributed by atoms with E-state index in [-0.39, 0.29) is 0 Å². The molecule has 0 aromatic heterocycles. The molecule has 0 saturated carbocycles. The molecule has 0 radical (unpaired) electrons. The SMILES string of the molecule is CCN(CC)OCc1ccc(C(=O)O)cc1. The number of hydrogen-bond acceptors (Lipinski definition) is 3. The van der Waals surface area contributed by atoms with Gasteiger partial charge < -0.3 is 5.11 Å². The van der Waals surface area contributed by atoms with Crippen LogP contribution in [-0.4, -0.2) is 29.2 Å². The predicted octanol–water partition coefficient (Wildman–Crippen LogP) is 2.16. The van der Waals surface area contributed by atoms with Gasteiger partial charge in [0.1, 0.15) is 0 Å². The molecule has 88 valence electrons. The maximum absolute atomic E-state index is 10.6. The predicted molar refractivity (Wildman–Crippen MR) is 61.1 cm³/mol. The zero-order chi connectivity index (χ0) is 12.0. The van der Waals surface area contributed by atoms with E-state index < -0.39 is 5.97 Å². The summed E-state index contributed by atoms with van der Waals surface area (Å²) in [5.74, 6) is -0.906. The lowest BCUT2D eigenvalue weighted by atomic mass is 10.1. The number of carbonyl (C=O) groups is 1. The van der Waals surface area contributed by atoms with Gasteiger partial charge in [-0.2, -0.15) is 5.06 Å². The fourth-order valence-corrected chi connectivity index (χ4v) is 1.32. The van der Waals surface area contributed by atoms with E-state index >= 15 is 0 Å². The van der Waals surface area contributed by atoms with E-state index in [0.717, 1.165) is 18.7 Å². The van der Waals surface area contributed by atoms with E-state index in [4.69, 9.17) is 9.94 Å². The molecule has 0 spiro atoms. The highest BCUT2D eigenvalue weighted by Crippen LogP contribution is 2.06. The van der Waals surface area contributed by atoms with Gasteiger partial charge in [-0.1, -0.05) is 26.0 Å². The number of carboxylic acids is 1. The van der Waals surface area contributed by atoms with Crippen molar-refractivity contribution in [1.82, 2.24) is 5.06 Å². The van der Waals surface area contributed by atoms with E-state index in [9.17, 15) is 4.79 Å². The molecule has 0 fully saturated rings. The molecule has 4 nitrogen and oxygen atoms in total. The number of rotatable bonds is 6. The van der Waals surface area contributed by atoms with Crippen LogP contribution < -0.4 is 0 Å². The van der Waals surface area contributed by atoms with Gasteiger partial charge in [0.2, 0.25) is 0 Å². The average Bonchev–Trinajstić information content (AvgIpc) is 2.31. The van der Waals surface area contributed by atoms with E-state index in [2.05, 4.69) is 0 Å². The van der Waals surface area contributed by atoms with Crippen LogP contribution in [0.2, 0.25) is 0 Å². The van der Waals surface area contributed by atoms with Crippen LogP contribution in [0.4, 0.5) is 0 Å². The first-order valence-corrected chi connectivity index (χ1v) is 5.37. The van der Waals surface area contributed by atoms with Gasteiger partial charge >= 0.3 is 5.97 Å². The maximum Gasteiger partial charge on any atom is 0.335 e. The van der Waals surface area contributed by atoms with Gasteiger partial charge in [0.15, 0.2) is 0 Å². The summed E-state index contributed by atoms with van der Waals surface area (Å²) < 4.78 is 0. The average molecular weight is 223 g/mol. The van der Waals surface area contributed by atoms with E-state index in [1.807, 2.05) is 18.9 Å². The minimum Gasteiger partial charge on any atom is -0.478 e. The topological polar surface area (TPSA) is 49.8 Å². The van der Waals surface area contributed by atoms with Crippen LogP contribution >= 0.6 is 0 Å². The second-order valence-corrected chi connectivity index (χ2v) is 3.39. The molecule has 0 saturated heterocycles. The third-order valence-electron chi connectivity index (χ3n) is 2.32. The van der Waals surface area contributed by atoms with E-state index in [1.165, 1.54) is 0 Å². The Hall–Kier alpha value is -1.39. The second kappa shape index (κ2) is 6.25. The number of benzene rings is 1. The number of aromatic carboxylic acids is 1. The van der Waals surface area contributed by atoms with Crippen LogP contribution in [0.3, 0.4) is 0 Å². The summed E-state index contributed by atoms with van der Waals surface area (Å²) in [5, 5.41) is 10.6. The van der Waals surface area contributed by atoms with Crippen LogP contribution in [0.25, 0.3) is 0 Å². The van der Waals surface area contributed by atoms with Crippen LogP contribution in [0.15, 0.2) is 24.3 Å². The first kappa shape index (κ1) is 12.7. The quantitative estimate of drug-likeness (QED) is 0.751. The summed E-state index contributed by atoms with van der Waals surface area (Å²) in [7, 11) is 0. The smallest absolute Gasteiger partial charge is 0.335 e. The molecule has 1 N–H and O–H groups in total. The highest BCUT2D eigenvalue weighted by Gasteiger charge is 2.03. The first-order valence-electron chi connectivity index (χ1n) is 5.37. The van der Waals surface area contributed by atoms with Crippen molar-refractivity contribution in [3.63, 3.8) is 0 Å². The standard InChI is InChI=1S/C12H17NO3/c1-3-13(4-2)16-9-10-5-7-11(8-6-10)12(14)15/h5-8H,3-4,9H2,1-2H3,(H,14,15). The molecule has 0 heterocycles. The minimum absolute atomic E-state index is 0.298. The Morgan fingerprint density at radius 2 is 1.81 bits per heavy atom. The van der Waals surface area contributed by atoms with Gasteiger partial charge in [0, 0.05) is 13.1 Å². The Balaban J connectivity index is 2.52. The fourth-order valence-electron chi connectivity index (χ4n) is 1.32. The molecule has 16 heavy (non-hydrogen) atoms. The molecular formula is C12H17NO3. The van der Waals surface area contributed by atoms with E-state index in [0.29, 0.717) is 12.2 Å². The van der Waals surface area contributed by atoms with Crippen molar-refractivity contribution in [3.8, 4) is 0 Å². The lowest BCUT2D eigenvalue weighted by molar-refractivity contribution is -0.163. The summed E-state index contributed by atoms with van der Waals surface area (Å²) >= 11 is 0. The molecular weight excluding hydrogens is 206 g/mol. The van der Waals surface area contributed by atoms with E-state index in [1.54, 1.807) is 24.3 Å². The van der Waals surface area contributed by atoms with Crippen LogP contribution in [-0.2, 0) is 11.4 Å². The third-order valence-corrected chi connectivity index (χ3v) is 2.32. The fraction of sp³-hybridized carbons (Fsp3) is 0.417. The van der Waals surface area contributed by atoms with Crippen molar-refractivity contribution in [2.75, 3.05) is 13.1 Å². The Morgan fingerprint density at radius 1 is 1.25 bits per heavy atom. The number of hydroxylamine groups is 2. The Bertz CT molecular complexity index is 331. The summed E-state index contributed by atoms with van der Waals surface area (Å²) in [6, 6.07) is 6.71. The summed E-state index contributed by atoms with van der Waals surface area (Å²) in [4.78, 5) is 16.1. The molecule has 0 amide bonds. The largest absolute Gasteiger partial charge is 0.478 e. The first-order chi connectivity index (χ1) is 7.67. The van der Waals surface area contributed by atoms with Crippen molar-refractivity contribution in [2.45, 2.75) is 20.5 Å². The van der Waals surface area contributed by atoms with Gasteiger partial charge in [-0.25, -0.2) is 4.79 Å². The maximum atomic E-state index is 10.6. The Morgan fingerprint density at radius 3 is 2.25 bits per heavy atom. The number of nitrogens with zero attached hydrogens (tertiary/aromatic N) is 1. The molecule has 0 bridgehead atoms. The molecule has 4 heteroatoms. The lowest BCUT2D eigenvalue weighted by Crippen LogP contribution is -2.22. The summed E-state index contributed by atoms with van der Waals surface area (Å²) in [6.07, 6.45) is 0. The lowest BCUT2D eigenvalue weighted by Gasteiger charge is -2.17. The molecule has 0 aliphatic rings. The molecule has 0 unspecified atom stereocenters. The van der Waals surface area contributed by atoms with Crippen molar-refractivity contribution in [2.24, 2.45) is 0 Å². The monoisotopic (exact) mass is 223 g/mol. The van der Waals surface area contributed by atoms with Crippen LogP contribution in [0.1, 0.15) is 29.8 Å². The Labute approximate surface area is 95.4 Å². The van der Waals surface area contributed by atoms with Crippen LogP contribution in [0, 0.1) is 0 Å². The van der Waals surface area contributed by atoms with Gasteiger partial charge in [-0.15, -0.1) is 0 Å². The van der Waals surface area contributed by atoms with Crippen molar-refractivity contribution >= 4 is 5.97 Å². The number of carboxylic acid groups (broad SMARTS) is 1. The molecule has 1 aromatic rings. The van der Waals surface area contributed by atoms with Crippen molar-refractivity contribution in [3.05, 3.63) is 35.4 Å². The van der Waals surface area contributed by atoms with Crippen molar-refractivity contribution in [1.29, 1.82) is 0 Å². The van der Waals surface area contributed by atoms with Gasteiger partial charge in [0.25, 0.3) is 0 Å². The van der Waals surface area contributed by atoms with Gasteiger partial charge in [-0.3, -0.25) is 4.84 Å². The van der Waals surface area contributed by atoms with Crippen molar-refractivity contribution < 1.29 is 14.7 Å². The molecule has 1 aromatic carbocycles. The second-order valence-electron chi connectivity index (χ2n) is 3.39. The minimum atomic E-state index is -0.906. The zero-order valence-corrected chi connectivity index (χ0v) is 9.64. The summed E-state index contributed by atoms with van der Waals surface area (Å²) in [6.45, 7) is 6.20. The van der Waals surface area contributed by atoms with Gasteiger partial charge in [0.05, 0.1) is 12.2 Å². The third kappa shape index (κ3) is 3.64. The molecule has 1 rings (SSSR count). The molecule has 0 aliphatic carbocycles. The zero-order valence-electron chi connectivity index (χ0n) is 9.64. The number of hydrogen-bond donors (Lipinski definition) is 1. The summed E-state index contributed by atoms with van der Waals surface area (Å²) in [5.41, 5.74) is 1.27. The normalized spacial score (nSPS) is 10.7. The van der Waals surface area contributed by atoms with Gasteiger partial charge in [-0.05, 0) is 17.7 Å². The van der Waals surface area contributed by atoms with Crippen LogP contribution in [0.5, 0.6) is 0 Å². The highest BCUT2D eigenvalue weighted by molar-refractivity contribution is 5.87. The molecule has 0 aliphatic heterocycles. The Kier molecular flexibility index (Phi) is 4.95. The molecule has 0 atom stereocenters.